The number of aliphatic hydroxyl groups is 1. The summed E-state index contributed by atoms with van der Waals surface area (Å²) in [4.78, 5) is 8.23. The maximum Gasteiger partial charge on any atom is 0.177 e. The minimum Gasteiger partial charge on any atom is -0.368 e. The van der Waals surface area contributed by atoms with E-state index in [1.165, 1.54) is 23.3 Å². The van der Waals surface area contributed by atoms with Crippen LogP contribution in [0.3, 0.4) is 0 Å². The summed E-state index contributed by atoms with van der Waals surface area (Å²) >= 11 is 0. The molecule has 8 heteroatoms. The van der Waals surface area contributed by atoms with E-state index >= 15 is 0 Å². The summed E-state index contributed by atoms with van der Waals surface area (Å²) in [6.45, 7) is 0. The molecule has 0 fully saturated rings. The molecule has 0 saturated heterocycles. The molecule has 1 atom stereocenters. The number of rotatable bonds is 3. The van der Waals surface area contributed by atoms with E-state index in [0.29, 0.717) is 11.4 Å². The first-order chi connectivity index (χ1) is 10.5. The molecule has 0 aromatic carbocycles. The van der Waals surface area contributed by atoms with Crippen molar-refractivity contribution in [2.24, 2.45) is 0 Å². The first-order valence-corrected chi connectivity index (χ1v) is 8.36. The fraction of sp³-hybridized carbons (Fsp3) is 0.143. The third-order valence-corrected chi connectivity index (χ3v) is 4.37. The lowest BCUT2D eigenvalue weighted by atomic mass is 10.1. The number of hydrogen-bond donors (Lipinski definition) is 2. The van der Waals surface area contributed by atoms with Crippen molar-refractivity contribution in [3.63, 3.8) is 0 Å². The Labute approximate surface area is 127 Å². The molecule has 2 aromatic rings. The highest BCUT2D eigenvalue weighted by Crippen LogP contribution is 2.26. The Hall–Kier alpha value is -2.45. The lowest BCUT2D eigenvalue weighted by Gasteiger charge is -2.23. The zero-order valence-electron chi connectivity index (χ0n) is 11.7. The first kappa shape index (κ1) is 14.5. The van der Waals surface area contributed by atoms with Crippen molar-refractivity contribution >= 4 is 21.2 Å². The fourth-order valence-corrected chi connectivity index (χ4v) is 2.67. The standard InChI is InChI=1S/C14H14N4O3S/c1-22(20,21)11-4-5-13(16-8-11)18-14(19)12(9-17-18)10-3-2-6-15-7-10/h2-9,14,17,19H,1H3. The van der Waals surface area contributed by atoms with Crippen molar-refractivity contribution in [2.75, 3.05) is 11.3 Å². The van der Waals surface area contributed by atoms with Crippen molar-refractivity contribution in [1.82, 2.24) is 15.4 Å². The number of aliphatic hydroxyl groups excluding tert-OH is 1. The number of hydrogen-bond acceptors (Lipinski definition) is 7. The van der Waals surface area contributed by atoms with E-state index < -0.39 is 16.1 Å². The van der Waals surface area contributed by atoms with Crippen LogP contribution in [0.25, 0.3) is 5.57 Å². The molecule has 1 aliphatic rings. The van der Waals surface area contributed by atoms with E-state index in [4.69, 9.17) is 0 Å². The molecule has 0 bridgehead atoms. The molecule has 1 unspecified atom stereocenters. The maximum atomic E-state index is 11.4. The number of nitrogens with one attached hydrogen (secondary N) is 1. The Morgan fingerprint density at radius 2 is 2.09 bits per heavy atom. The summed E-state index contributed by atoms with van der Waals surface area (Å²) in [5.74, 6) is 0.412. The topological polar surface area (TPSA) is 95.4 Å². The Morgan fingerprint density at radius 1 is 1.27 bits per heavy atom. The van der Waals surface area contributed by atoms with Crippen molar-refractivity contribution in [1.29, 1.82) is 0 Å². The Balaban J connectivity index is 1.84. The van der Waals surface area contributed by atoms with Crippen LogP contribution in [0.4, 0.5) is 5.82 Å². The van der Waals surface area contributed by atoms with Gasteiger partial charge in [0.25, 0.3) is 0 Å². The van der Waals surface area contributed by atoms with Crippen LogP contribution in [0.15, 0.2) is 54.0 Å². The van der Waals surface area contributed by atoms with E-state index in [1.54, 1.807) is 24.7 Å². The average Bonchev–Trinajstić information content (AvgIpc) is 2.89. The molecule has 2 N–H and O–H groups in total. The van der Waals surface area contributed by atoms with Crippen LogP contribution in [0, 0.1) is 0 Å². The average molecular weight is 318 g/mol. The predicted molar refractivity (Wildman–Crippen MR) is 81.2 cm³/mol. The predicted octanol–water partition coefficient (Wildman–Crippen LogP) is 0.564. The lowest BCUT2D eigenvalue weighted by molar-refractivity contribution is 0.225. The molecule has 114 valence electrons. The molecule has 0 amide bonds. The minimum absolute atomic E-state index is 0.130. The van der Waals surface area contributed by atoms with Crippen LogP contribution >= 0.6 is 0 Å². The van der Waals surface area contributed by atoms with Crippen molar-refractivity contribution in [2.45, 2.75) is 11.1 Å². The third-order valence-electron chi connectivity index (χ3n) is 3.27. The molecule has 0 saturated carbocycles. The highest BCUT2D eigenvalue weighted by atomic mass is 32.2. The first-order valence-electron chi connectivity index (χ1n) is 6.47. The van der Waals surface area contributed by atoms with Gasteiger partial charge in [-0.1, -0.05) is 6.07 Å². The monoisotopic (exact) mass is 318 g/mol. The van der Waals surface area contributed by atoms with E-state index in [1.807, 2.05) is 6.07 Å². The van der Waals surface area contributed by atoms with Gasteiger partial charge in [-0.2, -0.15) is 0 Å². The number of nitrogens with zero attached hydrogens (tertiary/aromatic N) is 3. The lowest BCUT2D eigenvalue weighted by Crippen LogP contribution is -2.38. The molecule has 22 heavy (non-hydrogen) atoms. The number of aromatic nitrogens is 2. The molecular formula is C14H14N4O3S. The van der Waals surface area contributed by atoms with Gasteiger partial charge < -0.3 is 10.5 Å². The normalized spacial score (nSPS) is 18.0. The van der Waals surface area contributed by atoms with Gasteiger partial charge in [-0.25, -0.2) is 18.4 Å². The van der Waals surface area contributed by atoms with E-state index in [9.17, 15) is 13.5 Å². The van der Waals surface area contributed by atoms with Crippen LogP contribution in [-0.4, -0.2) is 36.0 Å². The van der Waals surface area contributed by atoms with Gasteiger partial charge in [-0.05, 0) is 18.2 Å². The van der Waals surface area contributed by atoms with E-state index in [0.717, 1.165) is 11.8 Å². The third kappa shape index (κ3) is 2.66. The molecule has 1 aliphatic heterocycles. The summed E-state index contributed by atoms with van der Waals surface area (Å²) in [7, 11) is -3.30. The van der Waals surface area contributed by atoms with Gasteiger partial charge in [0.05, 0.1) is 4.90 Å². The Morgan fingerprint density at radius 3 is 2.68 bits per heavy atom. The van der Waals surface area contributed by atoms with Gasteiger partial charge >= 0.3 is 0 Å². The van der Waals surface area contributed by atoms with Gasteiger partial charge in [0.2, 0.25) is 0 Å². The van der Waals surface area contributed by atoms with E-state index in [-0.39, 0.29) is 4.90 Å². The summed E-state index contributed by atoms with van der Waals surface area (Å²) in [5.41, 5.74) is 4.36. The van der Waals surface area contributed by atoms with Gasteiger partial charge in [0.15, 0.2) is 16.1 Å². The highest BCUT2D eigenvalue weighted by molar-refractivity contribution is 7.90. The number of hydrazine groups is 1. The van der Waals surface area contributed by atoms with E-state index in [2.05, 4.69) is 15.4 Å². The molecular weight excluding hydrogens is 304 g/mol. The van der Waals surface area contributed by atoms with Crippen LogP contribution < -0.4 is 10.4 Å². The second-order valence-electron chi connectivity index (χ2n) is 4.84. The quantitative estimate of drug-likeness (QED) is 0.854. The van der Waals surface area contributed by atoms with Crippen LogP contribution in [0.1, 0.15) is 5.56 Å². The van der Waals surface area contributed by atoms with Crippen LogP contribution in [-0.2, 0) is 9.84 Å². The van der Waals surface area contributed by atoms with Crippen molar-refractivity contribution in [3.05, 3.63) is 54.6 Å². The summed E-state index contributed by atoms with van der Waals surface area (Å²) in [6.07, 6.45) is 6.41. The molecule has 0 aliphatic carbocycles. The molecule has 3 heterocycles. The number of pyridine rings is 2. The number of anilines is 1. The zero-order chi connectivity index (χ0) is 15.7. The van der Waals surface area contributed by atoms with Crippen LogP contribution in [0.2, 0.25) is 0 Å². The minimum atomic E-state index is -3.30. The van der Waals surface area contributed by atoms with Gasteiger partial charge in [0.1, 0.15) is 5.82 Å². The number of sulfone groups is 1. The fourth-order valence-electron chi connectivity index (χ4n) is 2.11. The molecule has 0 radical (unpaired) electrons. The Kier molecular flexibility index (Phi) is 3.55. The second kappa shape index (κ2) is 5.39. The molecule has 3 rings (SSSR count). The summed E-state index contributed by atoms with van der Waals surface area (Å²) < 4.78 is 22.9. The Bertz CT molecular complexity index is 804. The smallest absolute Gasteiger partial charge is 0.177 e. The van der Waals surface area contributed by atoms with Crippen LogP contribution in [0.5, 0.6) is 0 Å². The highest BCUT2D eigenvalue weighted by Gasteiger charge is 2.27. The second-order valence-corrected chi connectivity index (χ2v) is 6.85. The van der Waals surface area contributed by atoms with Gasteiger partial charge in [-0.3, -0.25) is 4.98 Å². The summed E-state index contributed by atoms with van der Waals surface area (Å²) in [6, 6.07) is 6.61. The zero-order valence-corrected chi connectivity index (χ0v) is 12.5. The van der Waals surface area contributed by atoms with Gasteiger partial charge in [-0.15, -0.1) is 0 Å². The molecule has 2 aromatic heterocycles. The maximum absolute atomic E-state index is 11.4. The van der Waals surface area contributed by atoms with Crippen molar-refractivity contribution in [3.8, 4) is 0 Å². The largest absolute Gasteiger partial charge is 0.368 e. The molecule has 7 nitrogen and oxygen atoms in total. The van der Waals surface area contributed by atoms with Gasteiger partial charge in [0, 0.05) is 42.2 Å². The van der Waals surface area contributed by atoms with Crippen molar-refractivity contribution < 1.29 is 13.5 Å². The SMILES string of the molecule is CS(=O)(=O)c1ccc(N2NC=C(c3cccnc3)C2O)nc1. The molecule has 0 spiro atoms. The summed E-state index contributed by atoms with van der Waals surface area (Å²) in [5, 5.41) is 11.8.